The Kier molecular flexibility index (Phi) is 8.79. The van der Waals surface area contributed by atoms with Gasteiger partial charge in [0, 0.05) is 26.5 Å². The lowest BCUT2D eigenvalue weighted by atomic mass is 10.2. The molecule has 0 atom stereocenters. The van der Waals surface area contributed by atoms with Crippen molar-refractivity contribution >= 4 is 12.4 Å². The second-order valence-corrected chi connectivity index (χ2v) is 3.35. The highest BCUT2D eigenvalue weighted by atomic mass is 14.6. The molecule has 0 bridgehead atoms. The maximum atomic E-state index is 3.87. The van der Waals surface area contributed by atoms with E-state index in [-0.39, 0.29) is 0 Å². The van der Waals surface area contributed by atoms with Crippen molar-refractivity contribution in [2.45, 2.75) is 13.8 Å². The second kappa shape index (κ2) is 9.84. The van der Waals surface area contributed by atoms with Gasteiger partial charge in [0.2, 0.25) is 0 Å². The molecular weight excluding hydrogens is 196 g/mol. The molecule has 0 saturated carbocycles. The first kappa shape index (κ1) is 14.3. The van der Waals surface area contributed by atoms with Crippen molar-refractivity contribution in [3.8, 4) is 0 Å². The monoisotopic (exact) mass is 216 g/mol. The summed E-state index contributed by atoms with van der Waals surface area (Å²) >= 11 is 0. The van der Waals surface area contributed by atoms with Crippen molar-refractivity contribution in [2.24, 2.45) is 9.98 Å². The molecule has 0 aliphatic heterocycles. The zero-order valence-electron chi connectivity index (χ0n) is 10.5. The molecule has 2 heteroatoms. The molecule has 0 fully saturated rings. The van der Waals surface area contributed by atoms with Crippen LogP contribution < -0.4 is 0 Å². The fraction of sp³-hybridized carbons (Fsp3) is 0.286. The van der Waals surface area contributed by atoms with Crippen LogP contribution in [0.5, 0.6) is 0 Å². The summed E-state index contributed by atoms with van der Waals surface area (Å²) in [6, 6.07) is 0. The van der Waals surface area contributed by atoms with Gasteiger partial charge in [-0.25, -0.2) is 0 Å². The quantitative estimate of drug-likeness (QED) is 0.497. The molecule has 0 radical (unpaired) electrons. The molecular formula is C14H20N2. The van der Waals surface area contributed by atoms with Crippen LogP contribution in [-0.4, -0.2) is 26.5 Å². The summed E-state index contributed by atoms with van der Waals surface area (Å²) in [7, 11) is 3.51. The summed E-state index contributed by atoms with van der Waals surface area (Å²) in [5.41, 5.74) is 2.38. The van der Waals surface area contributed by atoms with Gasteiger partial charge in [0.1, 0.15) is 0 Å². The molecule has 0 aliphatic carbocycles. The lowest BCUT2D eigenvalue weighted by Crippen LogP contribution is -1.71. The number of allylic oxidation sites excluding steroid dienone is 8. The molecule has 0 aromatic rings. The van der Waals surface area contributed by atoms with Crippen LogP contribution >= 0.6 is 0 Å². The smallest absolute Gasteiger partial charge is 0.0277 e. The van der Waals surface area contributed by atoms with Gasteiger partial charge in [0.25, 0.3) is 0 Å². The van der Waals surface area contributed by atoms with Crippen LogP contribution in [0.3, 0.4) is 0 Å². The van der Waals surface area contributed by atoms with Crippen molar-refractivity contribution in [2.75, 3.05) is 14.1 Å². The predicted molar refractivity (Wildman–Crippen MR) is 74.6 cm³/mol. The highest BCUT2D eigenvalue weighted by Crippen LogP contribution is 2.00. The Bertz CT molecular complexity index is 317. The SMILES string of the molecule is CN=C\C=C/C(C)=C/C=C(C)/C=C\C=NC. The Balaban J connectivity index is 4.37. The summed E-state index contributed by atoms with van der Waals surface area (Å²) < 4.78 is 0. The molecule has 0 unspecified atom stereocenters. The molecule has 0 rings (SSSR count). The maximum absolute atomic E-state index is 3.87. The van der Waals surface area contributed by atoms with Crippen molar-refractivity contribution in [1.29, 1.82) is 0 Å². The minimum Gasteiger partial charge on any atom is -0.297 e. The topological polar surface area (TPSA) is 24.7 Å². The maximum Gasteiger partial charge on any atom is 0.0277 e. The van der Waals surface area contributed by atoms with Crippen LogP contribution in [0.2, 0.25) is 0 Å². The lowest BCUT2D eigenvalue weighted by Gasteiger charge is -1.90. The zero-order valence-corrected chi connectivity index (χ0v) is 10.5. The Hall–Kier alpha value is -1.70. The van der Waals surface area contributed by atoms with Gasteiger partial charge in [0.15, 0.2) is 0 Å². The molecule has 0 aromatic heterocycles. The highest BCUT2D eigenvalue weighted by Gasteiger charge is 1.80. The van der Waals surface area contributed by atoms with Gasteiger partial charge in [0.05, 0.1) is 0 Å². The van der Waals surface area contributed by atoms with Gasteiger partial charge >= 0.3 is 0 Å². The fourth-order valence-corrected chi connectivity index (χ4v) is 0.936. The van der Waals surface area contributed by atoms with E-state index in [1.165, 1.54) is 11.1 Å². The van der Waals surface area contributed by atoms with E-state index in [1.807, 2.05) is 24.3 Å². The number of nitrogens with zero attached hydrogens (tertiary/aromatic N) is 2. The molecule has 0 N–H and O–H groups in total. The van der Waals surface area contributed by atoms with E-state index in [9.17, 15) is 0 Å². The van der Waals surface area contributed by atoms with Gasteiger partial charge in [-0.15, -0.1) is 0 Å². The molecule has 0 spiro atoms. The summed E-state index contributed by atoms with van der Waals surface area (Å²) in [4.78, 5) is 7.75. The first-order valence-electron chi connectivity index (χ1n) is 5.23. The average molecular weight is 216 g/mol. The van der Waals surface area contributed by atoms with E-state index >= 15 is 0 Å². The largest absolute Gasteiger partial charge is 0.297 e. The van der Waals surface area contributed by atoms with Crippen molar-refractivity contribution in [1.82, 2.24) is 0 Å². The minimum absolute atomic E-state index is 1.19. The Morgan fingerprint density at radius 1 is 0.750 bits per heavy atom. The average Bonchev–Trinajstić information content (AvgIpc) is 2.27. The van der Waals surface area contributed by atoms with Gasteiger partial charge in [-0.3, -0.25) is 9.98 Å². The highest BCUT2D eigenvalue weighted by molar-refractivity contribution is 5.72. The molecule has 2 nitrogen and oxygen atoms in total. The van der Waals surface area contributed by atoms with E-state index in [1.54, 1.807) is 26.5 Å². The molecule has 0 saturated heterocycles. The molecule has 0 aliphatic rings. The molecule has 86 valence electrons. The normalized spacial score (nSPS) is 15.2. The standard InChI is InChI=1S/C14H20N2/c1-13(7-5-11-15-3)9-10-14(2)8-6-12-16-4/h5-12H,1-4H3/b7-5-,8-6-,13-9+,14-10+,15-11?,16-12?. The molecule has 16 heavy (non-hydrogen) atoms. The third-order valence-corrected chi connectivity index (χ3v) is 1.80. The van der Waals surface area contributed by atoms with E-state index in [2.05, 4.69) is 36.0 Å². The van der Waals surface area contributed by atoms with Crippen molar-refractivity contribution in [3.63, 3.8) is 0 Å². The van der Waals surface area contributed by atoms with E-state index in [0.29, 0.717) is 0 Å². The summed E-state index contributed by atoms with van der Waals surface area (Å²) in [5, 5.41) is 0. The third-order valence-electron chi connectivity index (χ3n) is 1.80. The summed E-state index contributed by atoms with van der Waals surface area (Å²) in [5.74, 6) is 0. The number of hydrogen-bond acceptors (Lipinski definition) is 2. The Labute approximate surface area is 98.5 Å². The predicted octanol–water partition coefficient (Wildman–Crippen LogP) is 3.39. The van der Waals surface area contributed by atoms with Gasteiger partial charge in [-0.2, -0.15) is 0 Å². The van der Waals surface area contributed by atoms with Crippen LogP contribution in [0.1, 0.15) is 13.8 Å². The van der Waals surface area contributed by atoms with Gasteiger partial charge in [-0.05, 0) is 26.0 Å². The van der Waals surface area contributed by atoms with Gasteiger partial charge < -0.3 is 0 Å². The zero-order chi connectivity index (χ0) is 12.2. The number of aliphatic imine (C=N–C) groups is 2. The van der Waals surface area contributed by atoms with E-state index in [0.717, 1.165) is 0 Å². The van der Waals surface area contributed by atoms with Crippen LogP contribution in [0.15, 0.2) is 57.6 Å². The summed E-state index contributed by atoms with van der Waals surface area (Å²) in [6.07, 6.45) is 15.6. The fourth-order valence-electron chi connectivity index (χ4n) is 0.936. The Morgan fingerprint density at radius 2 is 1.12 bits per heavy atom. The first-order chi connectivity index (χ1) is 7.70. The van der Waals surface area contributed by atoms with Crippen molar-refractivity contribution < 1.29 is 0 Å². The first-order valence-corrected chi connectivity index (χ1v) is 5.23. The summed E-state index contributed by atoms with van der Waals surface area (Å²) in [6.45, 7) is 4.11. The van der Waals surface area contributed by atoms with Crippen LogP contribution in [0, 0.1) is 0 Å². The van der Waals surface area contributed by atoms with E-state index in [4.69, 9.17) is 0 Å². The Morgan fingerprint density at radius 3 is 1.44 bits per heavy atom. The molecule has 0 amide bonds. The molecule has 0 heterocycles. The number of rotatable bonds is 5. The van der Waals surface area contributed by atoms with Crippen molar-refractivity contribution in [3.05, 3.63) is 47.6 Å². The van der Waals surface area contributed by atoms with Crippen LogP contribution in [0.25, 0.3) is 0 Å². The van der Waals surface area contributed by atoms with Crippen LogP contribution in [0.4, 0.5) is 0 Å². The van der Waals surface area contributed by atoms with E-state index < -0.39 is 0 Å². The molecule has 0 aromatic carbocycles. The van der Waals surface area contributed by atoms with Gasteiger partial charge in [-0.1, -0.05) is 35.5 Å². The van der Waals surface area contributed by atoms with Crippen LogP contribution in [-0.2, 0) is 0 Å². The lowest BCUT2D eigenvalue weighted by molar-refractivity contribution is 1.46. The third kappa shape index (κ3) is 8.88. The number of hydrogen-bond donors (Lipinski definition) is 0. The second-order valence-electron chi connectivity index (χ2n) is 3.35. The minimum atomic E-state index is 1.19.